The Balaban J connectivity index is 1.66. The minimum Gasteiger partial charge on any atom is -0.398 e. The maximum Gasteiger partial charge on any atom is 0.262 e. The molecule has 3 atom stereocenters. The Morgan fingerprint density at radius 2 is 1.94 bits per heavy atom. The molecule has 1 aromatic heterocycles. The van der Waals surface area contributed by atoms with Crippen LogP contribution >= 0.6 is 11.3 Å². The van der Waals surface area contributed by atoms with Crippen molar-refractivity contribution in [2.24, 2.45) is 11.5 Å². The van der Waals surface area contributed by atoms with Gasteiger partial charge in [-0.3, -0.25) is 9.59 Å². The number of benzene rings is 2. The highest BCUT2D eigenvalue weighted by molar-refractivity contribution is 7.21. The normalized spacial score (nSPS) is 24.5. The topological polar surface area (TPSA) is 127 Å². The molecule has 7 nitrogen and oxygen atoms in total. The molecule has 3 aromatic rings. The molecule has 36 heavy (non-hydrogen) atoms. The lowest BCUT2D eigenvalue weighted by molar-refractivity contribution is -0.124. The summed E-state index contributed by atoms with van der Waals surface area (Å²) in [6.45, 7) is 8.06. The van der Waals surface area contributed by atoms with E-state index in [0.717, 1.165) is 47.1 Å². The third-order valence-electron chi connectivity index (χ3n) is 7.82. The number of nitrogens with one attached hydrogen (secondary N) is 1. The van der Waals surface area contributed by atoms with Gasteiger partial charge in [0.15, 0.2) is 5.78 Å². The molecular formula is C28H35N5O2S. The van der Waals surface area contributed by atoms with Crippen molar-refractivity contribution in [2.45, 2.75) is 57.2 Å². The van der Waals surface area contributed by atoms with Crippen LogP contribution in [0.1, 0.15) is 76.1 Å². The fourth-order valence-electron chi connectivity index (χ4n) is 5.85. The number of ketones is 1. The van der Waals surface area contributed by atoms with E-state index >= 15 is 0 Å². The number of aryl methyl sites for hydroxylation is 1. The van der Waals surface area contributed by atoms with Gasteiger partial charge in [0.2, 0.25) is 0 Å². The van der Waals surface area contributed by atoms with Crippen molar-refractivity contribution in [3.63, 3.8) is 0 Å². The molecule has 0 spiro atoms. The number of hydrogen-bond donors (Lipinski definition) is 4. The number of piperidine rings is 1. The number of hydrogen-bond acceptors (Lipinski definition) is 7. The number of nitrogens with zero attached hydrogens (tertiary/aromatic N) is 1. The van der Waals surface area contributed by atoms with E-state index in [9.17, 15) is 9.59 Å². The Hall–Kier alpha value is -2.78. The van der Waals surface area contributed by atoms with E-state index in [0.29, 0.717) is 27.6 Å². The van der Waals surface area contributed by atoms with Crippen LogP contribution in [-0.2, 0) is 10.3 Å². The number of carbonyl (C=O) groups is 2. The van der Waals surface area contributed by atoms with Crippen LogP contribution in [0, 0.1) is 6.92 Å². The maximum atomic E-state index is 14.0. The van der Waals surface area contributed by atoms with Crippen molar-refractivity contribution >= 4 is 38.8 Å². The van der Waals surface area contributed by atoms with Crippen molar-refractivity contribution in [3.8, 4) is 0 Å². The number of nitrogen functional groups attached to an aromatic ring is 1. The summed E-state index contributed by atoms with van der Waals surface area (Å²) in [7, 11) is 2.06. The van der Waals surface area contributed by atoms with Crippen LogP contribution in [0.15, 0.2) is 30.3 Å². The highest BCUT2D eigenvalue weighted by atomic mass is 32.1. The van der Waals surface area contributed by atoms with Gasteiger partial charge in [-0.05, 0) is 67.6 Å². The number of thiophene rings is 1. The predicted octanol–water partition coefficient (Wildman–Crippen LogP) is 3.52. The smallest absolute Gasteiger partial charge is 0.262 e. The molecule has 0 radical (unpaired) electrons. The van der Waals surface area contributed by atoms with Crippen LogP contribution < -0.4 is 22.5 Å². The van der Waals surface area contributed by atoms with Crippen molar-refractivity contribution in [2.75, 3.05) is 25.9 Å². The van der Waals surface area contributed by atoms with Crippen molar-refractivity contribution in [1.82, 2.24) is 10.2 Å². The summed E-state index contributed by atoms with van der Waals surface area (Å²) >= 11 is 1.30. The summed E-state index contributed by atoms with van der Waals surface area (Å²) in [5, 5.41) is 3.91. The summed E-state index contributed by atoms with van der Waals surface area (Å²) in [4.78, 5) is 30.2. The molecular weight excluding hydrogens is 470 g/mol. The van der Waals surface area contributed by atoms with E-state index < -0.39 is 11.6 Å². The number of likely N-dealkylation sites (N-methyl/N-ethyl adjacent to an activating group) is 1. The van der Waals surface area contributed by atoms with E-state index in [2.05, 4.69) is 37.2 Å². The van der Waals surface area contributed by atoms with Gasteiger partial charge in [-0.1, -0.05) is 38.1 Å². The zero-order valence-electron chi connectivity index (χ0n) is 21.4. The minimum atomic E-state index is -1.43. The van der Waals surface area contributed by atoms with Crippen LogP contribution in [-0.4, -0.2) is 42.8 Å². The lowest BCUT2D eigenvalue weighted by Gasteiger charge is -2.37. The zero-order valence-corrected chi connectivity index (χ0v) is 22.2. The standard InChI is InChI=1S/C28H35N5O2S/c1-14(2)16-7-8-18(15(3)12-16)28(31)19-9-10-20(29)24-21(19)22(23(30)26(28)34)25(36-24)27(35)32-17-6-5-11-33(4)13-17/h7-10,12,14,17,23H,5-6,11,13,29-31H2,1-4H3,(H,32,35). The second-order valence-electron chi connectivity index (χ2n) is 10.7. The Morgan fingerprint density at radius 3 is 2.61 bits per heavy atom. The van der Waals surface area contributed by atoms with Crippen molar-refractivity contribution in [3.05, 3.63) is 63.0 Å². The van der Waals surface area contributed by atoms with Gasteiger partial charge in [0.05, 0.1) is 15.6 Å². The molecule has 5 rings (SSSR count). The SMILES string of the molecule is Cc1cc(C(C)C)ccc1C1(N)C(=O)C(N)c2c(C(=O)NC3CCCN(C)C3)sc3c(N)ccc1c23. The Bertz CT molecular complexity index is 1380. The minimum absolute atomic E-state index is 0.0525. The number of rotatable bonds is 4. The molecule has 0 saturated carbocycles. The third kappa shape index (κ3) is 3.75. The Labute approximate surface area is 216 Å². The van der Waals surface area contributed by atoms with Crippen LogP contribution in [0.3, 0.4) is 0 Å². The predicted molar refractivity (Wildman–Crippen MR) is 146 cm³/mol. The molecule has 2 heterocycles. The first-order valence-electron chi connectivity index (χ1n) is 12.6. The van der Waals surface area contributed by atoms with Gasteiger partial charge in [0.25, 0.3) is 5.91 Å². The van der Waals surface area contributed by atoms with Gasteiger partial charge in [-0.2, -0.15) is 0 Å². The lowest BCUT2D eigenvalue weighted by Crippen LogP contribution is -2.53. The second kappa shape index (κ2) is 8.95. The van der Waals surface area contributed by atoms with Gasteiger partial charge in [-0.15, -0.1) is 11.3 Å². The van der Waals surface area contributed by atoms with Crippen LogP contribution in [0.25, 0.3) is 10.1 Å². The molecule has 1 amide bonds. The lowest BCUT2D eigenvalue weighted by atomic mass is 9.69. The van der Waals surface area contributed by atoms with Gasteiger partial charge >= 0.3 is 0 Å². The Morgan fingerprint density at radius 1 is 1.22 bits per heavy atom. The van der Waals surface area contributed by atoms with Gasteiger partial charge < -0.3 is 27.4 Å². The van der Waals surface area contributed by atoms with Gasteiger partial charge in [0.1, 0.15) is 5.54 Å². The van der Waals surface area contributed by atoms with E-state index in [4.69, 9.17) is 17.2 Å². The van der Waals surface area contributed by atoms with Crippen LogP contribution in [0.2, 0.25) is 0 Å². The van der Waals surface area contributed by atoms with Crippen LogP contribution in [0.4, 0.5) is 5.69 Å². The van der Waals surface area contributed by atoms with E-state index in [1.54, 1.807) is 6.07 Å². The molecule has 190 valence electrons. The average molecular weight is 506 g/mol. The van der Waals surface area contributed by atoms with Gasteiger partial charge in [-0.25, -0.2) is 0 Å². The molecule has 1 aliphatic heterocycles. The van der Waals surface area contributed by atoms with E-state index in [-0.39, 0.29) is 17.7 Å². The summed E-state index contributed by atoms with van der Waals surface area (Å²) in [5.41, 5.74) is 23.2. The molecule has 3 unspecified atom stereocenters. The molecule has 7 N–H and O–H groups in total. The Kier molecular flexibility index (Phi) is 6.19. The first kappa shape index (κ1) is 24.9. The summed E-state index contributed by atoms with van der Waals surface area (Å²) < 4.78 is 0.752. The van der Waals surface area contributed by atoms with E-state index in [1.807, 2.05) is 25.1 Å². The molecule has 1 aliphatic carbocycles. The molecule has 2 aliphatic rings. The highest BCUT2D eigenvalue weighted by Gasteiger charge is 2.49. The average Bonchev–Trinajstić information content (AvgIpc) is 3.24. The summed E-state index contributed by atoms with van der Waals surface area (Å²) in [6.07, 6.45) is 1.95. The van der Waals surface area contributed by atoms with Crippen LogP contribution in [0.5, 0.6) is 0 Å². The number of Topliss-reactive ketones (excluding diaryl/α,β-unsaturated/α-hetero) is 1. The quantitative estimate of drug-likeness (QED) is 0.402. The number of amides is 1. The monoisotopic (exact) mass is 505 g/mol. The van der Waals surface area contributed by atoms with E-state index in [1.165, 1.54) is 16.9 Å². The van der Waals surface area contributed by atoms with Crippen molar-refractivity contribution < 1.29 is 9.59 Å². The fraction of sp³-hybridized carbons (Fsp3) is 0.429. The zero-order chi connectivity index (χ0) is 25.9. The molecule has 1 fully saturated rings. The number of likely N-dealkylation sites (tertiary alicyclic amines) is 1. The third-order valence-corrected chi connectivity index (χ3v) is 9.07. The molecule has 1 saturated heterocycles. The number of carbonyl (C=O) groups excluding carboxylic acids is 2. The van der Waals surface area contributed by atoms with Crippen molar-refractivity contribution in [1.29, 1.82) is 0 Å². The number of anilines is 1. The highest BCUT2D eigenvalue weighted by Crippen LogP contribution is 2.50. The summed E-state index contributed by atoms with van der Waals surface area (Å²) in [5.74, 6) is -0.166. The summed E-state index contributed by atoms with van der Waals surface area (Å²) in [6, 6.07) is 8.68. The maximum absolute atomic E-state index is 14.0. The number of nitrogens with two attached hydrogens (primary N) is 3. The first-order valence-corrected chi connectivity index (χ1v) is 13.4. The molecule has 0 bridgehead atoms. The second-order valence-corrected chi connectivity index (χ2v) is 11.7. The van der Waals surface area contributed by atoms with Gasteiger partial charge in [0, 0.05) is 29.2 Å². The first-order chi connectivity index (χ1) is 17.0. The largest absolute Gasteiger partial charge is 0.398 e. The fourth-order valence-corrected chi connectivity index (χ4v) is 7.05. The molecule has 8 heteroatoms. The molecule has 2 aromatic carbocycles.